The molecule has 2 heterocycles. The minimum absolute atomic E-state index is 0.273. The highest BCUT2D eigenvalue weighted by Gasteiger charge is 2.17. The molecule has 4 aromatic rings. The Kier molecular flexibility index (Phi) is 5.00. The lowest BCUT2D eigenvalue weighted by atomic mass is 10.2. The van der Waals surface area contributed by atoms with Gasteiger partial charge in [0, 0.05) is 11.1 Å². The zero-order chi connectivity index (χ0) is 20.4. The molecule has 0 spiro atoms. The number of nitrogens with zero attached hydrogens (tertiary/aromatic N) is 4. The molecule has 0 saturated heterocycles. The van der Waals surface area contributed by atoms with Gasteiger partial charge in [0.2, 0.25) is 10.1 Å². The number of carbonyl (C=O) groups is 1. The first-order valence-corrected chi connectivity index (χ1v) is 9.34. The van der Waals surface area contributed by atoms with Gasteiger partial charge in [0.05, 0.1) is 21.3 Å². The van der Waals surface area contributed by atoms with Crippen molar-refractivity contribution >= 4 is 27.3 Å². The van der Waals surface area contributed by atoms with E-state index >= 15 is 0 Å². The molecule has 10 heteroatoms. The Morgan fingerprint density at radius 2 is 1.72 bits per heavy atom. The molecule has 0 aliphatic carbocycles. The van der Waals surface area contributed by atoms with E-state index < -0.39 is 0 Å². The third-order valence-corrected chi connectivity index (χ3v) is 5.02. The number of methoxy groups -OCH3 is 3. The maximum absolute atomic E-state index is 12.5. The highest BCUT2D eigenvalue weighted by atomic mass is 32.1. The second kappa shape index (κ2) is 7.76. The van der Waals surface area contributed by atoms with Gasteiger partial charge >= 0.3 is 0 Å². The zero-order valence-electron chi connectivity index (χ0n) is 15.9. The van der Waals surface area contributed by atoms with Crippen molar-refractivity contribution in [2.75, 3.05) is 26.6 Å². The molecule has 9 nitrogen and oxygen atoms in total. The molecule has 0 saturated carbocycles. The molecule has 0 radical (unpaired) electrons. The van der Waals surface area contributed by atoms with Crippen molar-refractivity contribution in [1.82, 2.24) is 19.8 Å². The molecule has 148 valence electrons. The summed E-state index contributed by atoms with van der Waals surface area (Å²) in [5, 5.41) is 16.0. The topological polar surface area (TPSA) is 99.9 Å². The molecular formula is C19H17N5O4S. The molecule has 0 aliphatic rings. The first-order valence-electron chi connectivity index (χ1n) is 8.53. The summed E-state index contributed by atoms with van der Waals surface area (Å²) in [6.07, 6.45) is 0. The molecule has 0 bridgehead atoms. The summed E-state index contributed by atoms with van der Waals surface area (Å²) in [5.41, 5.74) is 1.25. The van der Waals surface area contributed by atoms with Gasteiger partial charge in [0.25, 0.3) is 5.91 Å². The Balaban J connectivity index is 1.61. The molecule has 1 amide bonds. The van der Waals surface area contributed by atoms with Crippen LogP contribution >= 0.6 is 11.3 Å². The number of anilines is 1. The minimum Gasteiger partial charge on any atom is -0.497 e. The molecule has 4 rings (SSSR count). The van der Waals surface area contributed by atoms with Crippen molar-refractivity contribution in [3.63, 3.8) is 0 Å². The number of ether oxygens (including phenoxy) is 3. The molecule has 1 N–H and O–H groups in total. The third-order valence-electron chi connectivity index (χ3n) is 4.21. The fourth-order valence-corrected chi connectivity index (χ4v) is 3.47. The van der Waals surface area contributed by atoms with Gasteiger partial charge in [-0.1, -0.05) is 11.3 Å². The van der Waals surface area contributed by atoms with E-state index in [1.165, 1.54) is 11.3 Å². The lowest BCUT2D eigenvalue weighted by Gasteiger charge is -2.08. The van der Waals surface area contributed by atoms with Crippen LogP contribution in [0.2, 0.25) is 0 Å². The summed E-state index contributed by atoms with van der Waals surface area (Å²) >= 11 is 1.23. The van der Waals surface area contributed by atoms with Gasteiger partial charge in [-0.2, -0.15) is 4.52 Å². The van der Waals surface area contributed by atoms with Crippen LogP contribution in [0.15, 0.2) is 42.5 Å². The predicted molar refractivity (Wildman–Crippen MR) is 108 cm³/mol. The van der Waals surface area contributed by atoms with Crippen molar-refractivity contribution < 1.29 is 19.0 Å². The summed E-state index contributed by atoms with van der Waals surface area (Å²) in [6, 6.07) is 12.2. The van der Waals surface area contributed by atoms with Crippen molar-refractivity contribution in [2.24, 2.45) is 0 Å². The summed E-state index contributed by atoms with van der Waals surface area (Å²) in [5.74, 6) is 2.13. The lowest BCUT2D eigenvalue weighted by molar-refractivity contribution is 0.102. The van der Waals surface area contributed by atoms with Gasteiger partial charge in [-0.3, -0.25) is 10.1 Å². The molecule has 0 unspecified atom stereocenters. The van der Waals surface area contributed by atoms with Crippen molar-refractivity contribution in [3.05, 3.63) is 48.0 Å². The number of hydrogen-bond donors (Lipinski definition) is 1. The maximum atomic E-state index is 12.5. The minimum atomic E-state index is -0.273. The van der Waals surface area contributed by atoms with E-state index in [-0.39, 0.29) is 5.91 Å². The number of nitrogens with one attached hydrogen (secondary N) is 1. The molecule has 0 aliphatic heterocycles. The van der Waals surface area contributed by atoms with Crippen LogP contribution in [0.1, 0.15) is 10.4 Å². The van der Waals surface area contributed by atoms with Gasteiger partial charge < -0.3 is 14.2 Å². The Bertz CT molecular complexity index is 1170. The van der Waals surface area contributed by atoms with E-state index in [0.29, 0.717) is 38.7 Å². The van der Waals surface area contributed by atoms with Crippen LogP contribution in [0.3, 0.4) is 0 Å². The van der Waals surface area contributed by atoms with Gasteiger partial charge in [-0.05, 0) is 42.5 Å². The van der Waals surface area contributed by atoms with E-state index in [2.05, 4.69) is 20.6 Å². The van der Waals surface area contributed by atoms with Gasteiger partial charge in [0.15, 0.2) is 17.3 Å². The second-order valence-electron chi connectivity index (χ2n) is 5.88. The predicted octanol–water partition coefficient (Wildman–Crippen LogP) is 3.13. The molecular weight excluding hydrogens is 394 g/mol. The maximum Gasteiger partial charge on any atom is 0.257 e. The number of aromatic nitrogens is 4. The lowest BCUT2D eigenvalue weighted by Crippen LogP contribution is -2.11. The van der Waals surface area contributed by atoms with E-state index in [0.717, 1.165) is 5.56 Å². The molecule has 0 fully saturated rings. The van der Waals surface area contributed by atoms with Crippen molar-refractivity contribution in [3.8, 4) is 28.6 Å². The fourth-order valence-electron chi connectivity index (χ4n) is 2.73. The molecule has 29 heavy (non-hydrogen) atoms. The quantitative estimate of drug-likeness (QED) is 0.520. The molecule has 2 aromatic heterocycles. The summed E-state index contributed by atoms with van der Waals surface area (Å²) < 4.78 is 17.3. The van der Waals surface area contributed by atoms with Crippen molar-refractivity contribution in [2.45, 2.75) is 0 Å². The zero-order valence-corrected chi connectivity index (χ0v) is 16.7. The fraction of sp³-hybridized carbons (Fsp3) is 0.158. The standard InChI is InChI=1S/C19H17N5O4S/c1-26-13-7-4-11(5-8-13)17(25)20-18-23-24-16(21-22-19(24)29-18)12-6-9-14(27-2)15(10-12)28-3/h4-10H,1-3H3,(H,20,23,25). The van der Waals surface area contributed by atoms with Crippen molar-refractivity contribution in [1.29, 1.82) is 0 Å². The Morgan fingerprint density at radius 3 is 2.41 bits per heavy atom. The van der Waals surface area contributed by atoms with Crippen LogP contribution in [0.5, 0.6) is 17.2 Å². The van der Waals surface area contributed by atoms with Crippen LogP contribution in [0.4, 0.5) is 5.13 Å². The van der Waals surface area contributed by atoms with Crippen LogP contribution in [-0.2, 0) is 0 Å². The highest BCUT2D eigenvalue weighted by Crippen LogP contribution is 2.32. The first kappa shape index (κ1) is 18.7. The number of rotatable bonds is 6. The number of fused-ring (bicyclic) bond motifs is 1. The van der Waals surface area contributed by atoms with Gasteiger partial charge in [0.1, 0.15) is 5.75 Å². The van der Waals surface area contributed by atoms with Crippen LogP contribution in [0.25, 0.3) is 16.3 Å². The molecule has 2 aromatic carbocycles. The summed E-state index contributed by atoms with van der Waals surface area (Å²) in [7, 11) is 4.71. The Morgan fingerprint density at radius 1 is 0.966 bits per heavy atom. The third kappa shape index (κ3) is 3.57. The van der Waals surface area contributed by atoms with Crippen LogP contribution in [0, 0.1) is 0 Å². The average Bonchev–Trinajstić information content (AvgIpc) is 3.33. The largest absolute Gasteiger partial charge is 0.497 e. The van der Waals surface area contributed by atoms with Crippen LogP contribution in [-0.4, -0.2) is 47.0 Å². The number of hydrogen-bond acceptors (Lipinski definition) is 8. The Labute approximate surface area is 169 Å². The smallest absolute Gasteiger partial charge is 0.257 e. The van der Waals surface area contributed by atoms with E-state index in [9.17, 15) is 4.79 Å². The number of benzene rings is 2. The van der Waals surface area contributed by atoms with E-state index in [1.54, 1.807) is 62.2 Å². The highest BCUT2D eigenvalue weighted by molar-refractivity contribution is 7.20. The Hall–Kier alpha value is -3.66. The van der Waals surface area contributed by atoms with Gasteiger partial charge in [-0.15, -0.1) is 15.3 Å². The SMILES string of the molecule is COc1ccc(C(=O)Nc2nn3c(-c4ccc(OC)c(OC)c4)nnc3s2)cc1. The molecule has 0 atom stereocenters. The van der Waals surface area contributed by atoms with E-state index in [4.69, 9.17) is 14.2 Å². The average molecular weight is 411 g/mol. The first-order chi connectivity index (χ1) is 14.1. The summed E-state index contributed by atoms with van der Waals surface area (Å²) in [6.45, 7) is 0. The second-order valence-corrected chi connectivity index (χ2v) is 6.83. The normalized spacial score (nSPS) is 10.7. The van der Waals surface area contributed by atoms with E-state index in [1.807, 2.05) is 6.07 Å². The van der Waals surface area contributed by atoms with Gasteiger partial charge in [-0.25, -0.2) is 0 Å². The summed E-state index contributed by atoms with van der Waals surface area (Å²) in [4.78, 5) is 13.0. The number of amides is 1. The monoisotopic (exact) mass is 411 g/mol. The van der Waals surface area contributed by atoms with Crippen LogP contribution < -0.4 is 19.5 Å². The number of carbonyl (C=O) groups excluding carboxylic acids is 1.